The maximum atomic E-state index is 12.8. The van der Waals surface area contributed by atoms with Crippen molar-refractivity contribution < 1.29 is 22.7 Å². The standard InChI is InChI=1S/C21H23N3O6S2/c1-29-16-4-2-15(3-5-16)22-32(27,28)17-6-7-18-19(14-17)31-21(26)24(18)9-8-20(25)23-10-12-30-13-11-23/h2-7,14,22H,8-13H2,1H3. The molecule has 0 bridgehead atoms. The van der Waals surface area contributed by atoms with Crippen LogP contribution in [0.25, 0.3) is 10.2 Å². The molecule has 0 atom stereocenters. The number of benzene rings is 2. The first-order valence-corrected chi connectivity index (χ1v) is 12.3. The fourth-order valence-corrected chi connectivity index (χ4v) is 5.59. The molecule has 1 aromatic heterocycles. The molecule has 2 aromatic carbocycles. The van der Waals surface area contributed by atoms with Crippen LogP contribution in [0.1, 0.15) is 6.42 Å². The lowest BCUT2D eigenvalue weighted by Crippen LogP contribution is -2.41. The van der Waals surface area contributed by atoms with E-state index in [1.54, 1.807) is 35.2 Å². The Balaban J connectivity index is 1.51. The number of thiazole rings is 1. The van der Waals surface area contributed by atoms with Gasteiger partial charge in [-0.05, 0) is 42.5 Å². The Kier molecular flexibility index (Phi) is 6.49. The van der Waals surface area contributed by atoms with Crippen molar-refractivity contribution in [3.63, 3.8) is 0 Å². The van der Waals surface area contributed by atoms with Crippen molar-refractivity contribution in [3.05, 3.63) is 52.1 Å². The SMILES string of the molecule is COc1ccc(NS(=O)(=O)c2ccc3c(c2)sc(=O)n3CCC(=O)N2CCOCC2)cc1. The van der Waals surface area contributed by atoms with E-state index in [0.717, 1.165) is 11.3 Å². The van der Waals surface area contributed by atoms with E-state index >= 15 is 0 Å². The molecule has 1 fully saturated rings. The van der Waals surface area contributed by atoms with Crippen molar-refractivity contribution in [1.29, 1.82) is 0 Å². The maximum Gasteiger partial charge on any atom is 0.308 e. The van der Waals surface area contributed by atoms with Crippen LogP contribution in [-0.2, 0) is 26.1 Å². The number of ether oxygens (including phenoxy) is 2. The molecule has 2 heterocycles. The first kappa shape index (κ1) is 22.3. The van der Waals surface area contributed by atoms with Gasteiger partial charge in [0.2, 0.25) is 5.91 Å². The molecule has 0 aliphatic carbocycles. The maximum absolute atomic E-state index is 12.8. The Morgan fingerprint density at radius 1 is 1.16 bits per heavy atom. The van der Waals surface area contributed by atoms with Crippen LogP contribution in [0.15, 0.2) is 52.2 Å². The predicted octanol–water partition coefficient (Wildman–Crippen LogP) is 2.12. The molecule has 1 aliphatic rings. The summed E-state index contributed by atoms with van der Waals surface area (Å²) in [4.78, 5) is 26.5. The molecule has 0 unspecified atom stereocenters. The van der Waals surface area contributed by atoms with E-state index in [9.17, 15) is 18.0 Å². The van der Waals surface area contributed by atoms with Gasteiger partial charge in [0, 0.05) is 31.7 Å². The molecule has 32 heavy (non-hydrogen) atoms. The van der Waals surface area contributed by atoms with Gasteiger partial charge in [0.1, 0.15) is 5.75 Å². The second kappa shape index (κ2) is 9.31. The van der Waals surface area contributed by atoms with Gasteiger partial charge in [0.05, 0.1) is 35.4 Å². The van der Waals surface area contributed by atoms with Gasteiger partial charge in [-0.1, -0.05) is 11.3 Å². The molecule has 0 spiro atoms. The normalized spacial score (nSPS) is 14.5. The smallest absolute Gasteiger partial charge is 0.308 e. The zero-order valence-corrected chi connectivity index (χ0v) is 19.1. The monoisotopic (exact) mass is 477 g/mol. The van der Waals surface area contributed by atoms with Crippen LogP contribution in [0.3, 0.4) is 0 Å². The molecule has 11 heteroatoms. The van der Waals surface area contributed by atoms with Crippen LogP contribution in [-0.4, -0.2) is 57.2 Å². The van der Waals surface area contributed by atoms with Crippen LogP contribution in [0.2, 0.25) is 0 Å². The molecule has 1 N–H and O–H groups in total. The summed E-state index contributed by atoms with van der Waals surface area (Å²) < 4.78 is 40.5. The van der Waals surface area contributed by atoms with Crippen molar-refractivity contribution in [2.75, 3.05) is 38.1 Å². The lowest BCUT2D eigenvalue weighted by Gasteiger charge is -2.26. The molecular weight excluding hydrogens is 454 g/mol. The summed E-state index contributed by atoms with van der Waals surface area (Å²) in [6.45, 7) is 2.40. The Morgan fingerprint density at radius 3 is 2.56 bits per heavy atom. The van der Waals surface area contributed by atoms with E-state index in [2.05, 4.69) is 4.72 Å². The summed E-state index contributed by atoms with van der Waals surface area (Å²) in [5, 5.41) is 0. The number of sulfonamides is 1. The lowest BCUT2D eigenvalue weighted by atomic mass is 10.3. The van der Waals surface area contributed by atoms with Crippen molar-refractivity contribution in [1.82, 2.24) is 9.47 Å². The summed E-state index contributed by atoms with van der Waals surface area (Å²) in [6.07, 6.45) is 0.199. The van der Waals surface area contributed by atoms with Gasteiger partial charge in [-0.2, -0.15) is 0 Å². The second-order valence-electron chi connectivity index (χ2n) is 7.23. The number of fused-ring (bicyclic) bond motifs is 1. The second-order valence-corrected chi connectivity index (χ2v) is 9.90. The first-order chi connectivity index (χ1) is 15.4. The Morgan fingerprint density at radius 2 is 1.88 bits per heavy atom. The van der Waals surface area contributed by atoms with E-state index in [-0.39, 0.29) is 28.6 Å². The number of aromatic nitrogens is 1. The minimum atomic E-state index is -3.84. The highest BCUT2D eigenvalue weighted by molar-refractivity contribution is 7.92. The van der Waals surface area contributed by atoms with E-state index in [1.165, 1.54) is 23.8 Å². The zero-order valence-electron chi connectivity index (χ0n) is 17.4. The van der Waals surface area contributed by atoms with E-state index in [0.29, 0.717) is 48.0 Å². The fraction of sp³-hybridized carbons (Fsp3) is 0.333. The average Bonchev–Trinajstić information content (AvgIpc) is 3.12. The molecule has 1 amide bonds. The molecular formula is C21H23N3O6S2. The third-order valence-electron chi connectivity index (χ3n) is 5.21. The van der Waals surface area contributed by atoms with Gasteiger partial charge in [-0.15, -0.1) is 0 Å². The quantitative estimate of drug-likeness (QED) is 0.559. The van der Waals surface area contributed by atoms with Gasteiger partial charge in [-0.25, -0.2) is 8.42 Å². The van der Waals surface area contributed by atoms with Crippen LogP contribution < -0.4 is 14.3 Å². The number of nitrogens with zero attached hydrogens (tertiary/aromatic N) is 2. The van der Waals surface area contributed by atoms with Gasteiger partial charge in [0.25, 0.3) is 10.0 Å². The number of nitrogens with one attached hydrogen (secondary N) is 1. The lowest BCUT2D eigenvalue weighted by molar-refractivity contribution is -0.135. The van der Waals surface area contributed by atoms with Crippen LogP contribution >= 0.6 is 11.3 Å². The van der Waals surface area contributed by atoms with Gasteiger partial charge in [-0.3, -0.25) is 18.9 Å². The Bertz CT molecular complexity index is 1280. The van der Waals surface area contributed by atoms with Gasteiger partial charge < -0.3 is 14.4 Å². The number of carbonyl (C=O) groups is 1. The summed E-state index contributed by atoms with van der Waals surface area (Å²) in [7, 11) is -2.30. The molecule has 9 nitrogen and oxygen atoms in total. The van der Waals surface area contributed by atoms with Crippen molar-refractivity contribution in [3.8, 4) is 5.75 Å². The van der Waals surface area contributed by atoms with E-state index < -0.39 is 10.0 Å². The third kappa shape index (κ3) is 4.79. The number of aryl methyl sites for hydroxylation is 1. The molecule has 1 aliphatic heterocycles. The minimum absolute atomic E-state index is 0.0255. The number of amides is 1. The topological polar surface area (TPSA) is 107 Å². The van der Waals surface area contributed by atoms with Crippen molar-refractivity contribution in [2.24, 2.45) is 0 Å². The van der Waals surface area contributed by atoms with Gasteiger partial charge >= 0.3 is 4.87 Å². The Labute approximate surface area is 189 Å². The third-order valence-corrected chi connectivity index (χ3v) is 7.53. The number of hydrogen-bond donors (Lipinski definition) is 1. The Hall–Kier alpha value is -2.89. The first-order valence-electron chi connectivity index (χ1n) is 10.0. The summed E-state index contributed by atoms with van der Waals surface area (Å²) in [5.74, 6) is 0.593. The number of methoxy groups -OCH3 is 1. The highest BCUT2D eigenvalue weighted by atomic mass is 32.2. The number of morpholine rings is 1. The average molecular weight is 478 g/mol. The highest BCUT2D eigenvalue weighted by Gasteiger charge is 2.19. The van der Waals surface area contributed by atoms with Gasteiger partial charge in [0.15, 0.2) is 0 Å². The fourth-order valence-electron chi connectivity index (χ4n) is 3.48. The highest BCUT2D eigenvalue weighted by Crippen LogP contribution is 2.24. The van der Waals surface area contributed by atoms with E-state index in [4.69, 9.17) is 9.47 Å². The molecule has 0 saturated carbocycles. The summed E-state index contributed by atoms with van der Waals surface area (Å²) >= 11 is 0.961. The van der Waals surface area contributed by atoms with Crippen LogP contribution in [0, 0.1) is 0 Å². The summed E-state index contributed by atoms with van der Waals surface area (Å²) in [6, 6.07) is 11.1. The molecule has 0 radical (unpaired) electrons. The van der Waals surface area contributed by atoms with Crippen LogP contribution in [0.5, 0.6) is 5.75 Å². The number of hydrogen-bond acceptors (Lipinski definition) is 7. The number of anilines is 1. The number of carbonyl (C=O) groups excluding carboxylic acids is 1. The van der Waals surface area contributed by atoms with Crippen LogP contribution in [0.4, 0.5) is 5.69 Å². The zero-order chi connectivity index (χ0) is 22.7. The van der Waals surface area contributed by atoms with Crippen molar-refractivity contribution in [2.45, 2.75) is 17.9 Å². The molecule has 170 valence electrons. The summed E-state index contributed by atoms with van der Waals surface area (Å²) in [5.41, 5.74) is 1.01. The van der Waals surface area contributed by atoms with Crippen molar-refractivity contribution >= 4 is 43.2 Å². The van der Waals surface area contributed by atoms with E-state index in [1.807, 2.05) is 0 Å². The molecule has 4 rings (SSSR count). The molecule has 1 saturated heterocycles. The molecule has 3 aromatic rings. The predicted molar refractivity (Wildman–Crippen MR) is 122 cm³/mol. The number of rotatable bonds is 7. The minimum Gasteiger partial charge on any atom is -0.497 e. The largest absolute Gasteiger partial charge is 0.497 e.